The fraction of sp³-hybridized carbons (Fsp3) is 0.240. The molecule has 0 aliphatic rings. The summed E-state index contributed by atoms with van der Waals surface area (Å²) < 4.78 is 11.4. The molecule has 0 bridgehead atoms. The molecule has 0 aliphatic carbocycles. The number of pyridine rings is 1. The van der Waals surface area contributed by atoms with Crippen molar-refractivity contribution in [2.75, 3.05) is 7.11 Å². The van der Waals surface area contributed by atoms with E-state index < -0.39 is 5.97 Å². The van der Waals surface area contributed by atoms with Crippen molar-refractivity contribution in [3.05, 3.63) is 70.9 Å². The van der Waals surface area contributed by atoms with Gasteiger partial charge >= 0.3 is 5.97 Å². The van der Waals surface area contributed by atoms with Gasteiger partial charge in [0.2, 0.25) is 0 Å². The summed E-state index contributed by atoms with van der Waals surface area (Å²) in [5.41, 5.74) is 2.67. The number of methoxy groups -OCH3 is 1. The fourth-order valence-electron chi connectivity index (χ4n) is 3.59. The van der Waals surface area contributed by atoms with Gasteiger partial charge in [-0.2, -0.15) is 0 Å². The van der Waals surface area contributed by atoms with Gasteiger partial charge in [0.1, 0.15) is 29.4 Å². The van der Waals surface area contributed by atoms with Gasteiger partial charge in [0.15, 0.2) is 5.78 Å². The highest BCUT2D eigenvalue weighted by Crippen LogP contribution is 2.36. The van der Waals surface area contributed by atoms with Crippen LogP contribution in [-0.2, 0) is 13.0 Å². The van der Waals surface area contributed by atoms with E-state index >= 15 is 0 Å². The minimum Gasteiger partial charge on any atom is -0.507 e. The number of aromatic carboxylic acids is 1. The van der Waals surface area contributed by atoms with Crippen LogP contribution < -0.4 is 9.47 Å². The Morgan fingerprint density at radius 2 is 1.84 bits per heavy atom. The van der Waals surface area contributed by atoms with E-state index in [-0.39, 0.29) is 35.0 Å². The summed E-state index contributed by atoms with van der Waals surface area (Å²) in [6, 6.07) is 11.7. The highest BCUT2D eigenvalue weighted by Gasteiger charge is 2.20. The predicted molar refractivity (Wildman–Crippen MR) is 120 cm³/mol. The van der Waals surface area contributed by atoms with Gasteiger partial charge in [-0.3, -0.25) is 9.78 Å². The first-order valence-electron chi connectivity index (χ1n) is 10.2. The molecule has 7 nitrogen and oxygen atoms in total. The Kier molecular flexibility index (Phi) is 7.10. The normalized spacial score (nSPS) is 10.6. The van der Waals surface area contributed by atoms with E-state index in [1.54, 1.807) is 36.5 Å². The molecule has 0 spiro atoms. The summed E-state index contributed by atoms with van der Waals surface area (Å²) in [4.78, 5) is 27.8. The molecule has 7 heteroatoms. The molecule has 0 radical (unpaired) electrons. The van der Waals surface area contributed by atoms with Crippen LogP contribution in [0.3, 0.4) is 0 Å². The highest BCUT2D eigenvalue weighted by atomic mass is 16.5. The number of aromatic hydroxyl groups is 1. The topological polar surface area (TPSA) is 106 Å². The maximum absolute atomic E-state index is 11.8. The Morgan fingerprint density at radius 1 is 1.06 bits per heavy atom. The Bertz CT molecular complexity index is 1160. The van der Waals surface area contributed by atoms with E-state index in [1.165, 1.54) is 20.1 Å². The molecule has 3 aromatic rings. The summed E-state index contributed by atoms with van der Waals surface area (Å²) in [6.45, 7) is 3.51. The number of benzene rings is 2. The lowest BCUT2D eigenvalue weighted by molar-refractivity contribution is 0.0693. The van der Waals surface area contributed by atoms with Crippen molar-refractivity contribution in [3.63, 3.8) is 0 Å². The van der Waals surface area contributed by atoms with Crippen LogP contribution in [0.25, 0.3) is 11.3 Å². The molecular formula is C25H25NO6. The Hall–Kier alpha value is -3.87. The van der Waals surface area contributed by atoms with Crippen molar-refractivity contribution in [2.45, 2.75) is 33.3 Å². The van der Waals surface area contributed by atoms with Crippen LogP contribution in [0.15, 0.2) is 48.7 Å². The van der Waals surface area contributed by atoms with E-state index in [4.69, 9.17) is 9.47 Å². The molecule has 0 amide bonds. The zero-order chi connectivity index (χ0) is 23.3. The lowest BCUT2D eigenvalue weighted by Gasteiger charge is -2.17. The minimum absolute atomic E-state index is 0.0393. The van der Waals surface area contributed by atoms with Gasteiger partial charge in [0.05, 0.1) is 18.4 Å². The Balaban J connectivity index is 1.99. The molecule has 1 heterocycles. The lowest BCUT2D eigenvalue weighted by Crippen LogP contribution is -2.06. The Morgan fingerprint density at radius 3 is 2.50 bits per heavy atom. The SMILES string of the molecule is CCCc1c(OCc2cccnc2-c2cccc(C(=O)O)c2OC)ccc(C(C)=O)c1O. The second-order valence-electron chi connectivity index (χ2n) is 7.24. The van der Waals surface area contributed by atoms with Gasteiger partial charge < -0.3 is 19.7 Å². The van der Waals surface area contributed by atoms with Crippen molar-refractivity contribution in [1.29, 1.82) is 0 Å². The third-order valence-corrected chi connectivity index (χ3v) is 5.10. The van der Waals surface area contributed by atoms with Crippen LogP contribution in [-0.4, -0.2) is 34.1 Å². The Labute approximate surface area is 186 Å². The van der Waals surface area contributed by atoms with Crippen LogP contribution in [0.5, 0.6) is 17.2 Å². The number of carboxylic acid groups (broad SMARTS) is 1. The van der Waals surface area contributed by atoms with Crippen molar-refractivity contribution in [1.82, 2.24) is 4.98 Å². The maximum Gasteiger partial charge on any atom is 0.339 e. The molecule has 0 saturated heterocycles. The number of hydrogen-bond donors (Lipinski definition) is 2. The van der Waals surface area contributed by atoms with Crippen LogP contribution in [0.2, 0.25) is 0 Å². The number of para-hydroxylation sites is 1. The monoisotopic (exact) mass is 435 g/mol. The third kappa shape index (κ3) is 4.56. The highest BCUT2D eigenvalue weighted by molar-refractivity contribution is 5.97. The maximum atomic E-state index is 11.8. The van der Waals surface area contributed by atoms with Crippen molar-refractivity contribution >= 4 is 11.8 Å². The number of ether oxygens (including phenoxy) is 2. The van der Waals surface area contributed by atoms with Crippen LogP contribution in [0, 0.1) is 0 Å². The summed E-state index contributed by atoms with van der Waals surface area (Å²) in [7, 11) is 1.42. The summed E-state index contributed by atoms with van der Waals surface area (Å²) in [5, 5.41) is 20.1. The minimum atomic E-state index is -1.09. The fourth-order valence-corrected chi connectivity index (χ4v) is 3.59. The van der Waals surface area contributed by atoms with E-state index in [9.17, 15) is 19.8 Å². The number of carbonyl (C=O) groups is 2. The third-order valence-electron chi connectivity index (χ3n) is 5.10. The van der Waals surface area contributed by atoms with Gasteiger partial charge in [0, 0.05) is 22.9 Å². The van der Waals surface area contributed by atoms with Gasteiger partial charge in [-0.1, -0.05) is 25.5 Å². The molecule has 3 rings (SSSR count). The predicted octanol–water partition coefficient (Wildman–Crippen LogP) is 4.90. The van der Waals surface area contributed by atoms with Gasteiger partial charge in [-0.15, -0.1) is 0 Å². The second-order valence-corrected chi connectivity index (χ2v) is 7.24. The zero-order valence-electron chi connectivity index (χ0n) is 18.2. The lowest BCUT2D eigenvalue weighted by atomic mass is 10.0. The zero-order valence-corrected chi connectivity index (χ0v) is 18.2. The number of carbonyl (C=O) groups excluding carboxylic acids is 1. The van der Waals surface area contributed by atoms with Gasteiger partial charge in [-0.05, 0) is 43.7 Å². The number of aromatic nitrogens is 1. The van der Waals surface area contributed by atoms with E-state index in [0.29, 0.717) is 34.6 Å². The molecule has 0 unspecified atom stereocenters. The number of nitrogens with zero attached hydrogens (tertiary/aromatic N) is 1. The summed E-state index contributed by atoms with van der Waals surface area (Å²) in [5.74, 6) is -0.668. The molecule has 2 N–H and O–H groups in total. The van der Waals surface area contributed by atoms with Crippen molar-refractivity contribution in [2.24, 2.45) is 0 Å². The number of rotatable bonds is 9. The van der Waals surface area contributed by atoms with Crippen LogP contribution >= 0.6 is 0 Å². The van der Waals surface area contributed by atoms with E-state index in [2.05, 4.69) is 4.98 Å². The molecule has 166 valence electrons. The quantitative estimate of drug-likeness (QED) is 0.461. The summed E-state index contributed by atoms with van der Waals surface area (Å²) in [6.07, 6.45) is 2.93. The molecule has 0 saturated carbocycles. The first kappa shape index (κ1) is 22.8. The van der Waals surface area contributed by atoms with Gasteiger partial charge in [-0.25, -0.2) is 4.79 Å². The molecule has 0 aliphatic heterocycles. The smallest absolute Gasteiger partial charge is 0.339 e. The van der Waals surface area contributed by atoms with Crippen molar-refractivity contribution in [3.8, 4) is 28.5 Å². The largest absolute Gasteiger partial charge is 0.507 e. The molecular weight excluding hydrogens is 410 g/mol. The first-order chi connectivity index (χ1) is 15.4. The number of phenolic OH excluding ortho intramolecular Hbond substituents is 1. The first-order valence-corrected chi connectivity index (χ1v) is 10.2. The average molecular weight is 435 g/mol. The number of ketones is 1. The number of hydrogen-bond acceptors (Lipinski definition) is 6. The summed E-state index contributed by atoms with van der Waals surface area (Å²) >= 11 is 0. The number of carboxylic acids is 1. The number of phenols is 1. The van der Waals surface area contributed by atoms with Crippen LogP contribution in [0.4, 0.5) is 0 Å². The second kappa shape index (κ2) is 9.96. The number of Topliss-reactive ketones (excluding diaryl/α,β-unsaturated/α-hetero) is 1. The molecule has 0 atom stereocenters. The average Bonchev–Trinajstić information content (AvgIpc) is 2.78. The van der Waals surface area contributed by atoms with E-state index in [0.717, 1.165) is 6.42 Å². The molecule has 0 fully saturated rings. The van der Waals surface area contributed by atoms with Crippen molar-refractivity contribution < 1.29 is 29.3 Å². The molecule has 32 heavy (non-hydrogen) atoms. The molecule has 2 aromatic carbocycles. The van der Waals surface area contributed by atoms with Crippen LogP contribution in [0.1, 0.15) is 52.1 Å². The van der Waals surface area contributed by atoms with E-state index in [1.807, 2.05) is 13.0 Å². The van der Waals surface area contributed by atoms with Gasteiger partial charge in [0.25, 0.3) is 0 Å². The molecule has 1 aromatic heterocycles. The standard InChI is InChI=1S/C25H25NO6/c1-4-7-18-21(12-11-17(15(2)27)23(18)28)32-14-16-8-6-13-26-22(16)19-9-5-10-20(25(29)30)24(19)31-3/h5-6,8-13,28H,4,7,14H2,1-3H3,(H,29,30).